The highest BCUT2D eigenvalue weighted by Crippen LogP contribution is 2.40. The van der Waals surface area contributed by atoms with Gasteiger partial charge < -0.3 is 50.3 Å². The Kier molecular flexibility index (Phi) is 20.7. The molecular weight excluding hydrogens is 1040 g/mol. The molecule has 79 heavy (non-hydrogen) atoms. The standard InChI is InChI=1S/C56H71FN12O9S/c1-7-19-67(20-8-2)21-14-12-17-43(63-52(73)49(34(4)5)64-47(70)18-11-10-13-22-68-31-45(65-66-68)36-27-59-55(79)60-28-36)51(72)58-29-48(71)61-33-77-23-15-16-37-38-24-35(6)42(57)26-44(38)62-50-39(37)30-69-46(50)25-41-40(53(69)74)32-78-54(75)56(41,76)9-3/h24-28,31,34,43,49,76H,7-14,17-23,29-30,32-33H2,1-6H3,(H,58,72)(H,61,71)(H,63,73)(H,64,70)(H,59,60,79)/t43-,49-,56-/m0/s1. The van der Waals surface area contributed by atoms with Gasteiger partial charge in [0.25, 0.3) is 5.56 Å². The van der Waals surface area contributed by atoms with Crippen LogP contribution in [0.15, 0.2) is 41.6 Å². The Balaban J connectivity index is 0.924. The SMILES string of the molecule is CCCN(CCC)CCCC[C@H](NC(=O)[C@@H](NC(=O)CCCCCn1cc(-c2cnc(=S)[nH]c2)nn1)C(C)C)C(=O)NCC(=O)NCOCC#Cc1c2c(nc3cc(F)c(C)cc13)-c1cc3c(c(=O)n1C2)COC(=O)[C@]3(O)CC. The third-order valence-electron chi connectivity index (χ3n) is 14.1. The summed E-state index contributed by atoms with van der Waals surface area (Å²) in [6, 6.07) is 2.61. The predicted molar refractivity (Wildman–Crippen MR) is 295 cm³/mol. The fourth-order valence-corrected chi connectivity index (χ4v) is 9.90. The van der Waals surface area contributed by atoms with Gasteiger partial charge in [-0.2, -0.15) is 0 Å². The summed E-state index contributed by atoms with van der Waals surface area (Å²) in [5.74, 6) is 2.56. The lowest BCUT2D eigenvalue weighted by molar-refractivity contribution is -0.172. The maximum Gasteiger partial charge on any atom is 0.343 e. The third-order valence-corrected chi connectivity index (χ3v) is 14.4. The summed E-state index contributed by atoms with van der Waals surface area (Å²) in [5, 5.41) is 31.2. The smallest absolute Gasteiger partial charge is 0.343 e. The molecule has 0 unspecified atom stereocenters. The summed E-state index contributed by atoms with van der Waals surface area (Å²) in [7, 11) is 0. The minimum atomic E-state index is -2.02. The van der Waals surface area contributed by atoms with E-state index in [4.69, 9.17) is 26.7 Å². The molecule has 7 rings (SSSR count). The van der Waals surface area contributed by atoms with Crippen molar-refractivity contribution in [1.29, 1.82) is 0 Å². The van der Waals surface area contributed by atoms with Gasteiger partial charge in [-0.25, -0.2) is 19.2 Å². The molecule has 4 amide bonds. The molecular formula is C56H71FN12O9S. The molecule has 0 saturated carbocycles. The van der Waals surface area contributed by atoms with Crippen LogP contribution in [0.1, 0.15) is 127 Å². The molecule has 0 aliphatic carbocycles. The van der Waals surface area contributed by atoms with Crippen LogP contribution < -0.4 is 26.8 Å². The summed E-state index contributed by atoms with van der Waals surface area (Å²) in [6.45, 7) is 13.5. The molecule has 6 N–H and O–H groups in total. The van der Waals surface area contributed by atoms with E-state index in [1.807, 2.05) is 20.0 Å². The molecule has 3 atom stereocenters. The molecule has 5 aromatic rings. The van der Waals surface area contributed by atoms with Gasteiger partial charge in [-0.3, -0.25) is 28.7 Å². The van der Waals surface area contributed by atoms with E-state index in [0.29, 0.717) is 69.7 Å². The number of pyridine rings is 2. The van der Waals surface area contributed by atoms with E-state index in [0.717, 1.165) is 57.3 Å². The van der Waals surface area contributed by atoms with E-state index in [1.165, 1.54) is 10.6 Å². The van der Waals surface area contributed by atoms with E-state index < -0.39 is 59.3 Å². The van der Waals surface area contributed by atoms with Crippen LogP contribution in [-0.2, 0) is 58.7 Å². The van der Waals surface area contributed by atoms with Gasteiger partial charge in [0.1, 0.15) is 43.5 Å². The number of rotatable bonds is 27. The van der Waals surface area contributed by atoms with Crippen molar-refractivity contribution in [2.24, 2.45) is 5.92 Å². The van der Waals surface area contributed by atoms with Crippen LogP contribution >= 0.6 is 12.2 Å². The Bertz CT molecular complexity index is 3210. The number of nitrogens with one attached hydrogen (secondary N) is 5. The molecule has 1 aromatic carbocycles. The lowest BCUT2D eigenvalue weighted by Crippen LogP contribution is -2.56. The zero-order valence-electron chi connectivity index (χ0n) is 45.8. The van der Waals surface area contributed by atoms with Crippen molar-refractivity contribution in [3.8, 4) is 34.5 Å². The molecule has 2 aliphatic heterocycles. The first-order valence-corrected chi connectivity index (χ1v) is 27.5. The number of H-pyrrole nitrogens is 1. The number of carbonyl (C=O) groups is 5. The van der Waals surface area contributed by atoms with Crippen molar-refractivity contribution < 1.29 is 42.9 Å². The van der Waals surface area contributed by atoms with Gasteiger partial charge in [-0.15, -0.1) is 5.10 Å². The summed E-state index contributed by atoms with van der Waals surface area (Å²) >= 11 is 5.01. The van der Waals surface area contributed by atoms with Crippen molar-refractivity contribution in [3.05, 3.63) is 85.5 Å². The Labute approximate surface area is 463 Å². The summed E-state index contributed by atoms with van der Waals surface area (Å²) in [6.07, 6.45) is 11.2. The molecule has 0 bridgehead atoms. The van der Waals surface area contributed by atoms with Crippen molar-refractivity contribution in [2.75, 3.05) is 39.5 Å². The van der Waals surface area contributed by atoms with Crippen molar-refractivity contribution in [3.63, 3.8) is 0 Å². The van der Waals surface area contributed by atoms with Gasteiger partial charge in [-0.1, -0.05) is 58.1 Å². The van der Waals surface area contributed by atoms with Crippen LogP contribution in [0.25, 0.3) is 33.5 Å². The summed E-state index contributed by atoms with van der Waals surface area (Å²) in [4.78, 5) is 94.5. The van der Waals surface area contributed by atoms with E-state index in [2.05, 4.69) is 72.1 Å². The number of hydrogen-bond donors (Lipinski definition) is 6. The Morgan fingerprint density at radius 2 is 1.77 bits per heavy atom. The normalized spacial score (nSPS) is 15.1. The molecule has 0 radical (unpaired) electrons. The molecule has 21 nitrogen and oxygen atoms in total. The zero-order valence-corrected chi connectivity index (χ0v) is 46.6. The topological polar surface area (TPSA) is 270 Å². The number of halogens is 1. The number of ether oxygens (including phenoxy) is 2. The van der Waals surface area contributed by atoms with Crippen LogP contribution in [-0.4, -0.2) is 126 Å². The molecule has 0 fully saturated rings. The molecule has 23 heteroatoms. The van der Waals surface area contributed by atoms with E-state index >= 15 is 0 Å². The van der Waals surface area contributed by atoms with Gasteiger partial charge in [-0.05, 0) is 114 Å². The average molecular weight is 1110 g/mol. The maximum absolute atomic E-state index is 15.0. The highest BCUT2D eigenvalue weighted by Gasteiger charge is 2.45. The van der Waals surface area contributed by atoms with Gasteiger partial charge in [0.2, 0.25) is 23.6 Å². The number of benzene rings is 1. The Hall–Kier alpha value is -7.26. The molecule has 0 spiro atoms. The largest absolute Gasteiger partial charge is 0.458 e. The minimum absolute atomic E-state index is 0.0272. The van der Waals surface area contributed by atoms with Crippen molar-refractivity contribution in [2.45, 2.75) is 143 Å². The lowest BCUT2D eigenvalue weighted by Gasteiger charge is -2.31. The van der Waals surface area contributed by atoms with E-state index in [9.17, 15) is 38.3 Å². The highest BCUT2D eigenvalue weighted by atomic mass is 32.1. The average Bonchev–Trinajstić information content (AvgIpc) is 4.29. The van der Waals surface area contributed by atoms with Gasteiger partial charge in [0, 0.05) is 59.1 Å². The first-order valence-electron chi connectivity index (χ1n) is 27.1. The quantitative estimate of drug-likeness (QED) is 0.0131. The molecule has 4 aromatic heterocycles. The Morgan fingerprint density at radius 1 is 0.987 bits per heavy atom. The predicted octanol–water partition coefficient (Wildman–Crippen LogP) is 4.97. The van der Waals surface area contributed by atoms with E-state index in [1.54, 1.807) is 43.1 Å². The first kappa shape index (κ1) is 59.4. The van der Waals surface area contributed by atoms with Crippen molar-refractivity contribution >= 4 is 52.7 Å². The van der Waals surface area contributed by atoms with Crippen LogP contribution in [0.2, 0.25) is 0 Å². The number of aromatic amines is 1. The molecule has 6 heterocycles. The van der Waals surface area contributed by atoms with Gasteiger partial charge >= 0.3 is 5.97 Å². The zero-order chi connectivity index (χ0) is 56.8. The number of esters is 1. The number of fused-ring (bicyclic) bond motifs is 5. The van der Waals surface area contributed by atoms with Gasteiger partial charge in [0.15, 0.2) is 10.4 Å². The number of carbonyl (C=O) groups excluding carboxylic acids is 5. The molecule has 0 saturated heterocycles. The summed E-state index contributed by atoms with van der Waals surface area (Å²) < 4.78 is 29.4. The van der Waals surface area contributed by atoms with Gasteiger partial charge in [0.05, 0.1) is 41.8 Å². The number of aromatic nitrogens is 7. The minimum Gasteiger partial charge on any atom is -0.458 e. The fraction of sp³-hybridized carbons (Fsp3) is 0.518. The number of nitrogens with zero attached hydrogens (tertiary/aromatic N) is 7. The van der Waals surface area contributed by atoms with Crippen LogP contribution in [0, 0.1) is 35.3 Å². The second kappa shape index (κ2) is 27.6. The van der Waals surface area contributed by atoms with Crippen LogP contribution in [0.5, 0.6) is 0 Å². The Morgan fingerprint density at radius 3 is 2.49 bits per heavy atom. The molecule has 2 aliphatic rings. The third kappa shape index (κ3) is 14.7. The van der Waals surface area contributed by atoms with Crippen molar-refractivity contribution in [1.82, 2.24) is 60.7 Å². The maximum atomic E-state index is 15.0. The number of amides is 4. The number of aliphatic hydroxyl groups is 1. The van der Waals surface area contributed by atoms with Crippen LogP contribution in [0.3, 0.4) is 0 Å². The monoisotopic (exact) mass is 1110 g/mol. The number of aryl methyl sites for hydroxylation is 2. The second-order valence-electron chi connectivity index (χ2n) is 20.3. The fourth-order valence-electron chi connectivity index (χ4n) is 9.78. The summed E-state index contributed by atoms with van der Waals surface area (Å²) in [5.41, 5.74) is 1.67. The number of cyclic esters (lactones) is 1. The number of unbranched alkanes of at least 4 members (excludes halogenated alkanes) is 3. The first-order chi connectivity index (χ1) is 38.0. The van der Waals surface area contributed by atoms with Crippen LogP contribution in [0.4, 0.5) is 4.39 Å². The number of hydrogen-bond acceptors (Lipinski definition) is 15. The van der Waals surface area contributed by atoms with E-state index in [-0.39, 0.29) is 67.8 Å². The molecule has 422 valence electrons. The second-order valence-corrected chi connectivity index (χ2v) is 20.7. The lowest BCUT2D eigenvalue weighted by atomic mass is 9.86. The highest BCUT2D eigenvalue weighted by molar-refractivity contribution is 7.71.